The fraction of sp³-hybridized carbons (Fsp3) is 0.400. The molecule has 4 N–H and O–H groups in total. The van der Waals surface area contributed by atoms with E-state index in [0.717, 1.165) is 22.2 Å². The van der Waals surface area contributed by atoms with Crippen LogP contribution in [-0.4, -0.2) is 62.4 Å². The number of rotatable bonds is 11. The van der Waals surface area contributed by atoms with Crippen LogP contribution in [0.1, 0.15) is 27.0 Å². The van der Waals surface area contributed by atoms with Gasteiger partial charge in [-0.1, -0.05) is 41.5 Å². The zero-order valence-corrected chi connectivity index (χ0v) is 23.6. The summed E-state index contributed by atoms with van der Waals surface area (Å²) >= 11 is 0. The van der Waals surface area contributed by atoms with Crippen molar-refractivity contribution >= 4 is 24.5 Å². The molecule has 42 heavy (non-hydrogen) atoms. The standard InChI is InChI=1S/C25H29N6O10P/c1-14(2)39-23(35)15(3)28-42(37,41-18-10-6-8-16-7-4-5-9-17(16)18)38-13-25(29-30-26)21(34)20(33)22(40-25)31-12-11-19(32)27-24(31)36/h4-12,14-15,20-22,33-34H,13H2,1-3H3,(H,28,37)(H,27,32,36)/t15-,20+,21-,22+,25+,42?/m0/s1. The Morgan fingerprint density at radius 2 is 1.93 bits per heavy atom. The van der Waals surface area contributed by atoms with E-state index in [-0.39, 0.29) is 5.75 Å². The number of hydrogen-bond acceptors (Lipinski definition) is 11. The van der Waals surface area contributed by atoms with Crippen LogP contribution in [0.2, 0.25) is 0 Å². The quantitative estimate of drug-likeness (QED) is 0.0814. The summed E-state index contributed by atoms with van der Waals surface area (Å²) in [6.07, 6.45) is -5.00. The second-order valence-corrected chi connectivity index (χ2v) is 11.4. The number of fused-ring (bicyclic) bond motifs is 1. The Hall–Kier alpha value is -4.01. The Labute approximate surface area is 238 Å². The van der Waals surface area contributed by atoms with Gasteiger partial charge in [0.2, 0.25) is 5.72 Å². The van der Waals surface area contributed by atoms with Gasteiger partial charge in [0, 0.05) is 22.6 Å². The van der Waals surface area contributed by atoms with E-state index < -0.39 is 67.9 Å². The highest BCUT2D eigenvalue weighted by Gasteiger charge is 2.56. The first-order valence-corrected chi connectivity index (χ1v) is 14.2. The highest BCUT2D eigenvalue weighted by atomic mass is 31.2. The van der Waals surface area contributed by atoms with Crippen molar-refractivity contribution < 1.29 is 38.1 Å². The van der Waals surface area contributed by atoms with Crippen LogP contribution < -0.4 is 20.9 Å². The van der Waals surface area contributed by atoms with Gasteiger partial charge in [0.15, 0.2) is 6.23 Å². The third-order valence-corrected chi connectivity index (χ3v) is 7.82. The lowest BCUT2D eigenvalue weighted by Gasteiger charge is -2.30. The number of nitrogens with one attached hydrogen (secondary N) is 2. The fourth-order valence-corrected chi connectivity index (χ4v) is 5.76. The van der Waals surface area contributed by atoms with Crippen molar-refractivity contribution in [3.63, 3.8) is 0 Å². The summed E-state index contributed by atoms with van der Waals surface area (Å²) in [5.41, 5.74) is 5.12. The third-order valence-electron chi connectivity index (χ3n) is 6.21. The van der Waals surface area contributed by atoms with Gasteiger partial charge in [0.25, 0.3) is 5.56 Å². The van der Waals surface area contributed by atoms with Crippen molar-refractivity contribution in [2.24, 2.45) is 5.11 Å². The summed E-state index contributed by atoms with van der Waals surface area (Å²) in [4.78, 5) is 41.0. The summed E-state index contributed by atoms with van der Waals surface area (Å²) in [5.74, 6) is -0.665. The zero-order valence-electron chi connectivity index (χ0n) is 22.7. The van der Waals surface area contributed by atoms with Crippen molar-refractivity contribution in [1.82, 2.24) is 14.6 Å². The first-order chi connectivity index (χ1) is 19.9. The molecule has 0 spiro atoms. The first kappa shape index (κ1) is 30.9. The molecule has 1 unspecified atom stereocenters. The van der Waals surface area contributed by atoms with Gasteiger partial charge in [-0.2, -0.15) is 5.09 Å². The maximum absolute atomic E-state index is 14.2. The lowest BCUT2D eigenvalue weighted by atomic mass is 10.1. The van der Waals surface area contributed by atoms with Crippen LogP contribution in [0.25, 0.3) is 21.2 Å². The third kappa shape index (κ3) is 6.55. The molecule has 224 valence electrons. The van der Waals surface area contributed by atoms with Crippen LogP contribution in [0, 0.1) is 0 Å². The van der Waals surface area contributed by atoms with Gasteiger partial charge in [-0.3, -0.25) is 23.7 Å². The molecule has 2 heterocycles. The molecule has 1 aromatic heterocycles. The average Bonchev–Trinajstić information content (AvgIpc) is 3.17. The summed E-state index contributed by atoms with van der Waals surface area (Å²) in [7, 11) is -4.59. The summed E-state index contributed by atoms with van der Waals surface area (Å²) in [6, 6.07) is 11.7. The molecule has 0 aliphatic carbocycles. The molecule has 0 saturated carbocycles. The van der Waals surface area contributed by atoms with E-state index in [1.807, 2.05) is 4.98 Å². The number of carbonyl (C=O) groups is 1. The van der Waals surface area contributed by atoms with E-state index in [9.17, 15) is 34.7 Å². The maximum atomic E-state index is 14.2. The molecule has 4 rings (SSSR count). The van der Waals surface area contributed by atoms with E-state index in [1.165, 1.54) is 13.0 Å². The van der Waals surface area contributed by atoms with Gasteiger partial charge < -0.3 is 24.2 Å². The van der Waals surface area contributed by atoms with Crippen LogP contribution in [0.4, 0.5) is 0 Å². The van der Waals surface area contributed by atoms with Crippen LogP contribution in [-0.2, 0) is 23.4 Å². The molecule has 6 atom stereocenters. The maximum Gasteiger partial charge on any atom is 0.459 e. The van der Waals surface area contributed by atoms with Gasteiger partial charge in [0.1, 0.15) is 24.0 Å². The number of aromatic amines is 1. The van der Waals surface area contributed by atoms with E-state index in [1.54, 1.807) is 50.2 Å². The molecule has 17 heteroatoms. The number of carbonyl (C=O) groups excluding carboxylic acids is 1. The van der Waals surface area contributed by atoms with Gasteiger partial charge in [-0.25, -0.2) is 9.36 Å². The number of aliphatic hydroxyl groups excluding tert-OH is 2. The largest absolute Gasteiger partial charge is 0.462 e. The monoisotopic (exact) mass is 604 g/mol. The van der Waals surface area contributed by atoms with E-state index in [0.29, 0.717) is 5.39 Å². The van der Waals surface area contributed by atoms with Gasteiger partial charge in [-0.15, -0.1) is 0 Å². The van der Waals surface area contributed by atoms with Crippen LogP contribution in [0.15, 0.2) is 69.4 Å². The Balaban J connectivity index is 1.68. The highest BCUT2D eigenvalue weighted by Crippen LogP contribution is 2.49. The topological polar surface area (TPSA) is 227 Å². The molecule has 3 aromatic rings. The van der Waals surface area contributed by atoms with Crippen molar-refractivity contribution in [2.45, 2.75) is 57.1 Å². The number of hydrogen-bond donors (Lipinski definition) is 4. The van der Waals surface area contributed by atoms with Crippen molar-refractivity contribution in [2.75, 3.05) is 6.61 Å². The minimum Gasteiger partial charge on any atom is -0.462 e. The van der Waals surface area contributed by atoms with Gasteiger partial charge >= 0.3 is 19.4 Å². The Bertz CT molecular complexity index is 1670. The lowest BCUT2D eigenvalue weighted by molar-refractivity contribution is -0.149. The number of aliphatic hydroxyl groups is 2. The molecular formula is C25H29N6O10P. The Morgan fingerprint density at radius 1 is 1.21 bits per heavy atom. The van der Waals surface area contributed by atoms with Gasteiger partial charge in [-0.05, 0) is 37.8 Å². The molecular weight excluding hydrogens is 575 g/mol. The number of H-pyrrole nitrogens is 1. The van der Waals surface area contributed by atoms with Crippen LogP contribution in [0.3, 0.4) is 0 Å². The summed E-state index contributed by atoms with van der Waals surface area (Å²) < 4.78 is 37.2. The molecule has 1 fully saturated rings. The molecule has 1 aliphatic heterocycles. The van der Waals surface area contributed by atoms with Crippen molar-refractivity contribution in [3.05, 3.63) is 86.0 Å². The molecule has 0 bridgehead atoms. The number of benzene rings is 2. The minimum absolute atomic E-state index is 0.108. The molecule has 0 radical (unpaired) electrons. The molecule has 1 saturated heterocycles. The smallest absolute Gasteiger partial charge is 0.459 e. The average molecular weight is 605 g/mol. The Morgan fingerprint density at radius 3 is 2.62 bits per heavy atom. The normalized spacial score (nSPS) is 24.1. The van der Waals surface area contributed by atoms with E-state index >= 15 is 0 Å². The fourth-order valence-electron chi connectivity index (χ4n) is 4.22. The number of nitrogens with zero attached hydrogens (tertiary/aromatic N) is 4. The van der Waals surface area contributed by atoms with Gasteiger partial charge in [0.05, 0.1) is 12.7 Å². The first-order valence-electron chi connectivity index (χ1n) is 12.7. The predicted octanol–water partition coefficient (Wildman–Crippen LogP) is 2.08. The van der Waals surface area contributed by atoms with Crippen molar-refractivity contribution in [3.8, 4) is 5.75 Å². The lowest BCUT2D eigenvalue weighted by Crippen LogP contribution is -2.46. The van der Waals surface area contributed by atoms with Crippen LogP contribution >= 0.6 is 7.75 Å². The summed E-state index contributed by atoms with van der Waals surface area (Å²) in [5, 5.41) is 28.8. The highest BCUT2D eigenvalue weighted by molar-refractivity contribution is 7.52. The minimum atomic E-state index is -4.59. The van der Waals surface area contributed by atoms with E-state index in [2.05, 4.69) is 15.1 Å². The molecule has 16 nitrogen and oxygen atoms in total. The second-order valence-electron chi connectivity index (χ2n) is 9.67. The number of ether oxygens (including phenoxy) is 2. The predicted molar refractivity (Wildman–Crippen MR) is 147 cm³/mol. The second kappa shape index (κ2) is 12.5. The SMILES string of the molecule is CC(C)OC(=O)[C@H](C)NP(=O)(OC[C@@]1(N=[N+]=[N-])O[C@@H](n2ccc(=O)[nH]c2=O)[C@H](O)[C@@H]1O)Oc1cccc2ccccc12. The summed E-state index contributed by atoms with van der Waals surface area (Å²) in [6.45, 7) is 3.64. The zero-order chi connectivity index (χ0) is 30.7. The van der Waals surface area contributed by atoms with Crippen molar-refractivity contribution in [1.29, 1.82) is 0 Å². The molecule has 2 aromatic carbocycles. The van der Waals surface area contributed by atoms with Crippen LogP contribution in [0.5, 0.6) is 5.75 Å². The Kier molecular flexibility index (Phi) is 9.18. The molecule has 1 aliphatic rings. The molecule has 0 amide bonds. The number of azide groups is 1. The number of esters is 1. The van der Waals surface area contributed by atoms with E-state index in [4.69, 9.17) is 18.5 Å². The number of aromatic nitrogens is 2.